The molecule has 2 unspecified atom stereocenters. The van der Waals surface area contributed by atoms with Crippen LogP contribution >= 0.6 is 16.5 Å². The molecule has 1 fully saturated rings. The van der Waals surface area contributed by atoms with E-state index in [1.807, 2.05) is 0 Å². The molecular weight excluding hydrogens is 271 g/mol. The van der Waals surface area contributed by atoms with E-state index in [0.29, 0.717) is 0 Å². The maximum absolute atomic E-state index is 10.2. The van der Waals surface area contributed by atoms with Crippen LogP contribution < -0.4 is 0 Å². The minimum atomic E-state index is -2.48. The molecule has 0 bridgehead atoms. The van der Waals surface area contributed by atoms with Crippen molar-refractivity contribution in [2.45, 2.75) is 0 Å². The largest absolute Gasteiger partial charge is 0.328 e. The monoisotopic (exact) mass is 275 g/mol. The Morgan fingerprint density at radius 1 is 0.909 bits per heavy atom. The summed E-state index contributed by atoms with van der Waals surface area (Å²) in [6.07, 6.45) is 0. The Morgan fingerprint density at radius 2 is 1.27 bits per heavy atom. The van der Waals surface area contributed by atoms with Crippen molar-refractivity contribution in [2.75, 3.05) is 6.79 Å². The third kappa shape index (κ3) is 11.5. The maximum atomic E-state index is 10.2. The van der Waals surface area contributed by atoms with E-state index < -0.39 is 16.5 Å². The van der Waals surface area contributed by atoms with Crippen LogP contribution in [-0.2, 0) is 22.5 Å². The van der Waals surface area contributed by atoms with Gasteiger partial charge in [0.15, 0.2) is 6.79 Å². The fourth-order valence-electron chi connectivity index (χ4n) is 0.253. The van der Waals surface area contributed by atoms with Gasteiger partial charge in [-0.2, -0.15) is 0 Å². The second-order valence-electron chi connectivity index (χ2n) is 1.01. The quantitative estimate of drug-likeness (QED) is 0.446. The van der Waals surface area contributed by atoms with Crippen molar-refractivity contribution in [3.63, 3.8) is 0 Å². The number of hydrogen-bond donors (Lipinski definition) is 0. The minimum Gasteiger partial charge on any atom is -0.282 e. The summed E-state index contributed by atoms with van der Waals surface area (Å²) in [5.41, 5.74) is 0. The fourth-order valence-corrected chi connectivity index (χ4v) is 1.70. The second kappa shape index (κ2) is 13.3. The summed E-state index contributed by atoms with van der Waals surface area (Å²) in [5.74, 6) is 0. The van der Waals surface area contributed by atoms with Gasteiger partial charge in [0, 0.05) is 154 Å². The van der Waals surface area contributed by atoms with Gasteiger partial charge in [-0.3, -0.25) is 18.2 Å². The van der Waals surface area contributed by atoms with Gasteiger partial charge in [0.05, 0.1) is 0 Å². The van der Waals surface area contributed by atoms with Crippen molar-refractivity contribution in [3.8, 4) is 0 Å². The van der Waals surface area contributed by atoms with Crippen molar-refractivity contribution in [3.05, 3.63) is 0 Å². The first-order valence-electron chi connectivity index (χ1n) is 1.80. The Hall–Kier alpha value is 5.25. The van der Waals surface area contributed by atoms with Crippen molar-refractivity contribution in [1.82, 2.24) is 0 Å². The molecule has 1 aliphatic rings. The molecule has 10 heteroatoms. The number of rotatable bonds is 0. The Balaban J connectivity index is -0.000000213. The summed E-state index contributed by atoms with van der Waals surface area (Å²) in [6.45, 7) is -0.185. The maximum Gasteiger partial charge on any atom is 0.328 e. The minimum absolute atomic E-state index is 0. The van der Waals surface area contributed by atoms with E-state index in [4.69, 9.17) is 0 Å². The molecule has 0 amide bonds. The first-order valence-corrected chi connectivity index (χ1v) is 4.25. The van der Waals surface area contributed by atoms with Gasteiger partial charge in [-0.25, -0.2) is 4.31 Å². The van der Waals surface area contributed by atoms with Crippen LogP contribution in [0.25, 0.3) is 0 Å². The van der Waals surface area contributed by atoms with Crippen molar-refractivity contribution in [2.24, 2.45) is 0 Å². The van der Waals surface area contributed by atoms with Gasteiger partial charge in [0.2, 0.25) is 0 Å². The van der Waals surface area contributed by atoms with E-state index in [1.54, 1.807) is 0 Å². The predicted molar refractivity (Wildman–Crippen MR) is 43.4 cm³/mol. The average molecular weight is 275 g/mol. The molecule has 11 heavy (non-hydrogen) atoms. The van der Waals surface area contributed by atoms with Gasteiger partial charge < -0.3 is 0 Å². The molecule has 5 nitrogen and oxygen atoms in total. The van der Waals surface area contributed by atoms with Crippen molar-refractivity contribution < 1.29 is 22.5 Å². The second-order valence-corrected chi connectivity index (χ2v) is 3.40. The van der Waals surface area contributed by atoms with Gasteiger partial charge in [-0.15, -0.1) is 0 Å². The van der Waals surface area contributed by atoms with Crippen LogP contribution in [0.1, 0.15) is 0 Å². The third-order valence-electron chi connectivity index (χ3n) is 0.520. The van der Waals surface area contributed by atoms with E-state index in [-0.39, 0.29) is 161 Å². The number of hydrogen-bond acceptors (Lipinski definition) is 5. The summed E-state index contributed by atoms with van der Waals surface area (Å²) in [5, 5.41) is 0. The summed E-state index contributed by atoms with van der Waals surface area (Å²) >= 11 is 0. The zero-order valence-electron chi connectivity index (χ0n) is 6.75. The van der Waals surface area contributed by atoms with E-state index in [1.165, 1.54) is 0 Å². The molecule has 0 aromatic carbocycles. The molecule has 0 aromatic heterocycles. The van der Waals surface area contributed by atoms with Crippen LogP contribution in [0.15, 0.2) is 0 Å². The first kappa shape index (κ1) is 21.5. The predicted octanol–water partition coefficient (Wildman–Crippen LogP) is -0.356. The molecular formula is CH4K3O5P2. The summed E-state index contributed by atoms with van der Waals surface area (Å²) in [4.78, 5) is 0. The van der Waals surface area contributed by atoms with Crippen LogP contribution in [0.3, 0.4) is 0 Å². The molecule has 0 aromatic rings. The molecule has 1 saturated heterocycles. The van der Waals surface area contributed by atoms with Gasteiger partial charge in [0.1, 0.15) is 0 Å². The molecule has 1 heterocycles. The van der Waals surface area contributed by atoms with Gasteiger partial charge >= 0.3 is 16.5 Å². The molecule has 51 valence electrons. The molecule has 0 saturated carbocycles. The fraction of sp³-hybridized carbons (Fsp3) is 1.00. The van der Waals surface area contributed by atoms with Gasteiger partial charge in [-0.1, -0.05) is 0 Å². The molecule has 0 spiro atoms. The van der Waals surface area contributed by atoms with Crippen LogP contribution in [0.4, 0.5) is 0 Å². The standard InChI is InChI=1S/CH4O5P2.3K/c2-7-4-1-5-8(3)6-7;;;/h7-8H,1H2;;;. The van der Waals surface area contributed by atoms with E-state index in [0.717, 1.165) is 0 Å². The van der Waals surface area contributed by atoms with Crippen molar-refractivity contribution in [1.29, 1.82) is 0 Å². The summed E-state index contributed by atoms with van der Waals surface area (Å²) in [6, 6.07) is 0. The molecule has 1 rings (SSSR count). The van der Waals surface area contributed by atoms with Gasteiger partial charge in [-0.05, 0) is 0 Å². The van der Waals surface area contributed by atoms with Crippen LogP contribution in [0, 0.1) is 0 Å². The Kier molecular flexibility index (Phi) is 26.1. The summed E-state index contributed by atoms with van der Waals surface area (Å²) in [7, 11) is -4.97. The average Bonchev–Trinajstić information content (AvgIpc) is 1.64. The zero-order chi connectivity index (χ0) is 5.98. The molecule has 0 N–H and O–H groups in total. The zero-order valence-corrected chi connectivity index (χ0v) is 18.1. The topological polar surface area (TPSA) is 61.8 Å². The first-order chi connectivity index (χ1) is 3.79. The normalized spacial score (nSPS) is 28.7. The smallest absolute Gasteiger partial charge is 0.282 e. The molecule has 2 atom stereocenters. The molecule has 0 aliphatic carbocycles. The molecule has 1 aliphatic heterocycles. The van der Waals surface area contributed by atoms with E-state index in [2.05, 4.69) is 13.4 Å². The van der Waals surface area contributed by atoms with Crippen LogP contribution in [0.2, 0.25) is 0 Å². The van der Waals surface area contributed by atoms with Gasteiger partial charge in [0.25, 0.3) is 0 Å². The van der Waals surface area contributed by atoms with Crippen LogP contribution in [-0.4, -0.2) is 161 Å². The Labute approximate surface area is 194 Å². The van der Waals surface area contributed by atoms with Crippen molar-refractivity contribution >= 4 is 171 Å². The third-order valence-corrected chi connectivity index (χ3v) is 2.56. The SMILES string of the molecule is O=[PH]1OCO[PH](=O)O1.[K].[K].[K]. The Morgan fingerprint density at radius 3 is 1.45 bits per heavy atom. The van der Waals surface area contributed by atoms with E-state index in [9.17, 15) is 9.13 Å². The summed E-state index contributed by atoms with van der Waals surface area (Å²) < 4.78 is 33.0. The van der Waals surface area contributed by atoms with E-state index >= 15 is 0 Å². The Bertz CT molecular complexity index is 126. The van der Waals surface area contributed by atoms with Crippen LogP contribution in [0.5, 0.6) is 0 Å². The molecule has 3 radical (unpaired) electrons.